The highest BCUT2D eigenvalue weighted by atomic mass is 16.5. The minimum atomic E-state index is -0.697. The summed E-state index contributed by atoms with van der Waals surface area (Å²) in [7, 11) is 0. The van der Waals surface area contributed by atoms with Crippen molar-refractivity contribution >= 4 is 11.9 Å². The smallest absolute Gasteiger partial charge is 0.413 e. The first kappa shape index (κ1) is 14.6. The Hall–Kier alpha value is -3.35. The van der Waals surface area contributed by atoms with Crippen LogP contribution >= 0.6 is 0 Å². The monoisotopic (exact) mass is 311 g/mol. The Morgan fingerprint density at radius 1 is 1.22 bits per heavy atom. The summed E-state index contributed by atoms with van der Waals surface area (Å²) in [5, 5.41) is 2.42. The third kappa shape index (κ3) is 3.85. The van der Waals surface area contributed by atoms with Crippen molar-refractivity contribution in [3.63, 3.8) is 0 Å². The molecule has 7 nitrogen and oxygen atoms in total. The molecule has 3 aromatic rings. The number of benzene rings is 1. The number of aromatic nitrogens is 2. The number of ether oxygens (including phenoxy) is 1. The van der Waals surface area contributed by atoms with E-state index in [0.29, 0.717) is 5.76 Å². The number of rotatable bonds is 4. The molecule has 0 saturated carbocycles. The summed E-state index contributed by atoms with van der Waals surface area (Å²) in [6.45, 7) is 0.126. The van der Waals surface area contributed by atoms with Gasteiger partial charge in [-0.1, -0.05) is 30.3 Å². The Morgan fingerprint density at radius 2 is 2.04 bits per heavy atom. The number of carbonyl (C=O) groups excluding carboxylic acids is 1. The maximum Gasteiger partial charge on any atom is 0.413 e. The highest BCUT2D eigenvalue weighted by Gasteiger charge is 2.09. The first-order valence-corrected chi connectivity index (χ1v) is 6.84. The van der Waals surface area contributed by atoms with E-state index < -0.39 is 11.7 Å². The summed E-state index contributed by atoms with van der Waals surface area (Å²) in [5.74, 6) is 0.697. The van der Waals surface area contributed by atoms with Crippen LogP contribution in [0.2, 0.25) is 0 Å². The summed E-state index contributed by atoms with van der Waals surface area (Å²) in [5.41, 5.74) is 0.447. The molecule has 23 heavy (non-hydrogen) atoms. The van der Waals surface area contributed by atoms with Crippen molar-refractivity contribution < 1.29 is 13.9 Å². The van der Waals surface area contributed by atoms with Gasteiger partial charge in [-0.25, -0.2) is 9.78 Å². The second kappa shape index (κ2) is 6.61. The van der Waals surface area contributed by atoms with Crippen molar-refractivity contribution in [3.05, 3.63) is 70.7 Å². The van der Waals surface area contributed by atoms with Crippen molar-refractivity contribution in [2.45, 2.75) is 6.61 Å². The van der Waals surface area contributed by atoms with Gasteiger partial charge in [-0.3, -0.25) is 10.1 Å². The molecule has 0 spiro atoms. The second-order valence-electron chi connectivity index (χ2n) is 4.64. The van der Waals surface area contributed by atoms with Crippen molar-refractivity contribution in [1.82, 2.24) is 9.97 Å². The molecule has 0 saturated heterocycles. The van der Waals surface area contributed by atoms with Gasteiger partial charge in [-0.15, -0.1) is 0 Å². The minimum absolute atomic E-state index is 0.0817. The van der Waals surface area contributed by atoms with Gasteiger partial charge in [0.25, 0.3) is 5.56 Å². The standard InChI is InChI=1S/C16H13N3O4/c20-14-9-13(17-15(19-14)12-7-4-8-22-12)18-16(21)23-10-11-5-2-1-3-6-11/h1-9H,10H2,(H2,17,18,19,20,21). The number of anilines is 1. The van der Waals surface area contributed by atoms with E-state index in [1.807, 2.05) is 30.3 Å². The average Bonchev–Trinajstić information content (AvgIpc) is 3.08. The van der Waals surface area contributed by atoms with Gasteiger partial charge in [0.15, 0.2) is 11.6 Å². The van der Waals surface area contributed by atoms with Crippen LogP contribution in [0.3, 0.4) is 0 Å². The third-order valence-electron chi connectivity index (χ3n) is 2.94. The van der Waals surface area contributed by atoms with Gasteiger partial charge in [0, 0.05) is 6.07 Å². The van der Waals surface area contributed by atoms with Crippen LogP contribution in [0.5, 0.6) is 0 Å². The van der Waals surface area contributed by atoms with Crippen LogP contribution in [-0.2, 0) is 11.3 Å². The Morgan fingerprint density at radius 3 is 2.78 bits per heavy atom. The molecule has 116 valence electrons. The zero-order chi connectivity index (χ0) is 16.1. The highest BCUT2D eigenvalue weighted by Crippen LogP contribution is 2.15. The van der Waals surface area contributed by atoms with Crippen LogP contribution < -0.4 is 10.9 Å². The average molecular weight is 311 g/mol. The van der Waals surface area contributed by atoms with Gasteiger partial charge in [0.05, 0.1) is 6.26 Å². The van der Waals surface area contributed by atoms with Crippen LogP contribution in [0.25, 0.3) is 11.6 Å². The van der Waals surface area contributed by atoms with Gasteiger partial charge < -0.3 is 14.1 Å². The molecule has 1 aromatic carbocycles. The fourth-order valence-corrected chi connectivity index (χ4v) is 1.92. The highest BCUT2D eigenvalue weighted by molar-refractivity contribution is 5.83. The number of amides is 1. The second-order valence-corrected chi connectivity index (χ2v) is 4.64. The molecule has 2 N–H and O–H groups in total. The molecular formula is C16H13N3O4. The maximum atomic E-state index is 11.8. The first-order chi connectivity index (χ1) is 11.2. The molecule has 0 radical (unpaired) electrons. The predicted molar refractivity (Wildman–Crippen MR) is 82.8 cm³/mol. The van der Waals surface area contributed by atoms with E-state index in [1.165, 1.54) is 6.26 Å². The lowest BCUT2D eigenvalue weighted by atomic mass is 10.2. The molecule has 0 bridgehead atoms. The van der Waals surface area contributed by atoms with E-state index in [-0.39, 0.29) is 18.2 Å². The number of H-pyrrole nitrogens is 1. The lowest BCUT2D eigenvalue weighted by Gasteiger charge is -2.07. The van der Waals surface area contributed by atoms with Gasteiger partial charge >= 0.3 is 6.09 Å². The molecule has 2 aromatic heterocycles. The zero-order valence-electron chi connectivity index (χ0n) is 12.0. The topological polar surface area (TPSA) is 97.2 Å². The van der Waals surface area contributed by atoms with Gasteiger partial charge in [0.2, 0.25) is 0 Å². The van der Waals surface area contributed by atoms with Crippen molar-refractivity contribution in [2.75, 3.05) is 5.32 Å². The summed E-state index contributed by atoms with van der Waals surface area (Å²) in [6.07, 6.45) is 0.765. The third-order valence-corrected chi connectivity index (χ3v) is 2.94. The Kier molecular flexibility index (Phi) is 4.19. The first-order valence-electron chi connectivity index (χ1n) is 6.84. The fraction of sp³-hybridized carbons (Fsp3) is 0.0625. The van der Waals surface area contributed by atoms with E-state index in [1.54, 1.807) is 12.1 Å². The summed E-state index contributed by atoms with van der Waals surface area (Å²) < 4.78 is 10.2. The lowest BCUT2D eigenvalue weighted by molar-refractivity contribution is 0.155. The van der Waals surface area contributed by atoms with E-state index >= 15 is 0 Å². The number of hydrogen-bond acceptors (Lipinski definition) is 5. The van der Waals surface area contributed by atoms with E-state index in [0.717, 1.165) is 11.6 Å². The molecule has 0 atom stereocenters. The van der Waals surface area contributed by atoms with Crippen molar-refractivity contribution in [1.29, 1.82) is 0 Å². The lowest BCUT2D eigenvalue weighted by Crippen LogP contribution is -2.17. The van der Waals surface area contributed by atoms with Gasteiger partial charge in [-0.2, -0.15) is 0 Å². The largest absolute Gasteiger partial charge is 0.461 e. The number of furan rings is 1. The van der Waals surface area contributed by atoms with Gasteiger partial charge in [-0.05, 0) is 17.7 Å². The predicted octanol–water partition coefficient (Wildman–Crippen LogP) is 2.78. The minimum Gasteiger partial charge on any atom is -0.461 e. The molecule has 2 heterocycles. The Labute approximate surface area is 130 Å². The molecular weight excluding hydrogens is 298 g/mol. The number of nitrogens with one attached hydrogen (secondary N) is 2. The van der Waals surface area contributed by atoms with E-state index in [4.69, 9.17) is 9.15 Å². The van der Waals surface area contributed by atoms with Crippen LogP contribution in [0.4, 0.5) is 10.6 Å². The molecule has 0 fully saturated rings. The SMILES string of the molecule is O=C(Nc1cc(=O)[nH]c(-c2ccco2)n1)OCc1ccccc1. The molecule has 0 unspecified atom stereocenters. The quantitative estimate of drug-likeness (QED) is 0.772. The van der Waals surface area contributed by atoms with Gasteiger partial charge in [0.1, 0.15) is 12.4 Å². The molecule has 0 aliphatic rings. The molecule has 1 amide bonds. The number of nitrogens with zero attached hydrogens (tertiary/aromatic N) is 1. The van der Waals surface area contributed by atoms with Crippen molar-refractivity contribution in [3.8, 4) is 11.6 Å². The van der Waals surface area contributed by atoms with Crippen LogP contribution in [-0.4, -0.2) is 16.1 Å². The molecule has 3 rings (SSSR count). The van der Waals surface area contributed by atoms with E-state index in [2.05, 4.69) is 15.3 Å². The summed E-state index contributed by atoms with van der Waals surface area (Å²) in [6, 6.07) is 13.7. The fourth-order valence-electron chi connectivity index (χ4n) is 1.92. The van der Waals surface area contributed by atoms with Crippen LogP contribution in [0, 0.1) is 0 Å². The van der Waals surface area contributed by atoms with Crippen LogP contribution in [0.15, 0.2) is 64.0 Å². The Bertz CT molecular complexity index is 841. The normalized spacial score (nSPS) is 10.3. The van der Waals surface area contributed by atoms with E-state index in [9.17, 15) is 9.59 Å². The van der Waals surface area contributed by atoms with Crippen molar-refractivity contribution in [2.24, 2.45) is 0 Å². The Balaban J connectivity index is 1.68. The summed E-state index contributed by atoms with van der Waals surface area (Å²) in [4.78, 5) is 30.1. The zero-order valence-corrected chi connectivity index (χ0v) is 12.0. The molecule has 7 heteroatoms. The number of carbonyl (C=O) groups is 1. The molecule has 0 aliphatic carbocycles. The summed E-state index contributed by atoms with van der Waals surface area (Å²) >= 11 is 0. The van der Waals surface area contributed by atoms with Crippen LogP contribution in [0.1, 0.15) is 5.56 Å². The number of aromatic amines is 1. The molecule has 0 aliphatic heterocycles. The maximum absolute atomic E-state index is 11.8. The number of hydrogen-bond donors (Lipinski definition) is 2.